The van der Waals surface area contributed by atoms with E-state index in [0.717, 1.165) is 5.39 Å². The van der Waals surface area contributed by atoms with Crippen LogP contribution in [0.15, 0.2) is 48.5 Å². The summed E-state index contributed by atoms with van der Waals surface area (Å²) in [4.78, 5) is 4.38. The zero-order valence-corrected chi connectivity index (χ0v) is 13.3. The highest BCUT2D eigenvalue weighted by Gasteiger charge is 2.10. The van der Waals surface area contributed by atoms with E-state index in [1.165, 1.54) is 13.2 Å². The summed E-state index contributed by atoms with van der Waals surface area (Å²) in [5.41, 5.74) is 1.78. The Kier molecular flexibility index (Phi) is 4.79. The second-order valence-electron chi connectivity index (χ2n) is 5.21. The van der Waals surface area contributed by atoms with Gasteiger partial charge in [0, 0.05) is 5.39 Å². The maximum atomic E-state index is 12.5. The molecule has 0 bridgehead atoms. The summed E-state index contributed by atoms with van der Waals surface area (Å²) in [5.74, 6) is 0.291. The molecule has 2 aromatic carbocycles. The largest absolute Gasteiger partial charge is 0.506 e. The first kappa shape index (κ1) is 16.7. The third-order valence-corrected chi connectivity index (χ3v) is 3.57. The van der Waals surface area contributed by atoms with E-state index in [9.17, 15) is 13.9 Å². The first-order valence-corrected chi connectivity index (χ1v) is 7.46. The van der Waals surface area contributed by atoms with Crippen LogP contribution in [0.25, 0.3) is 23.1 Å². The van der Waals surface area contributed by atoms with Crippen LogP contribution in [0.4, 0.5) is 8.78 Å². The summed E-state index contributed by atoms with van der Waals surface area (Å²) in [6.45, 7) is -2.93. The van der Waals surface area contributed by atoms with Gasteiger partial charge < -0.3 is 14.6 Å². The standard InChI is InChI=1S/C19H15F2NO3/c1-24-16-10-6-12(11-17(16)25-19(20)21)5-8-14-9-7-13-3-2-4-15(23)18(13)22-14/h2-11,19,23H,1H3/b8-5+. The van der Waals surface area contributed by atoms with Gasteiger partial charge in [-0.2, -0.15) is 8.78 Å². The number of fused-ring (bicyclic) bond motifs is 1. The van der Waals surface area contributed by atoms with Gasteiger partial charge in [0.15, 0.2) is 11.5 Å². The van der Waals surface area contributed by atoms with Crippen LogP contribution in [-0.2, 0) is 0 Å². The smallest absolute Gasteiger partial charge is 0.387 e. The fourth-order valence-corrected chi connectivity index (χ4v) is 2.41. The van der Waals surface area contributed by atoms with E-state index in [2.05, 4.69) is 9.72 Å². The topological polar surface area (TPSA) is 51.6 Å². The molecule has 3 aromatic rings. The van der Waals surface area contributed by atoms with Crippen molar-refractivity contribution in [1.82, 2.24) is 4.98 Å². The van der Waals surface area contributed by atoms with Crippen LogP contribution in [0.1, 0.15) is 11.3 Å². The van der Waals surface area contributed by atoms with E-state index in [-0.39, 0.29) is 17.2 Å². The third kappa shape index (κ3) is 3.85. The Morgan fingerprint density at radius 1 is 1.04 bits per heavy atom. The summed E-state index contributed by atoms with van der Waals surface area (Å²) in [6, 6.07) is 13.5. The Morgan fingerprint density at radius 2 is 1.88 bits per heavy atom. The minimum atomic E-state index is -2.93. The predicted octanol–water partition coefficient (Wildman–Crippen LogP) is 4.72. The van der Waals surface area contributed by atoms with E-state index in [4.69, 9.17) is 4.74 Å². The molecular weight excluding hydrogens is 328 g/mol. The van der Waals surface area contributed by atoms with Crippen LogP contribution in [0.2, 0.25) is 0 Å². The van der Waals surface area contributed by atoms with Crippen molar-refractivity contribution in [2.24, 2.45) is 0 Å². The Hall–Kier alpha value is -3.15. The highest BCUT2D eigenvalue weighted by molar-refractivity contribution is 5.85. The predicted molar refractivity (Wildman–Crippen MR) is 92.0 cm³/mol. The van der Waals surface area contributed by atoms with Crippen molar-refractivity contribution in [2.75, 3.05) is 7.11 Å². The SMILES string of the molecule is COc1ccc(/C=C/c2ccc3cccc(O)c3n2)cc1OC(F)F. The quantitative estimate of drug-likeness (QED) is 0.728. The zero-order chi connectivity index (χ0) is 17.8. The number of alkyl halides is 2. The van der Waals surface area contributed by atoms with Gasteiger partial charge >= 0.3 is 6.61 Å². The van der Waals surface area contributed by atoms with Crippen molar-refractivity contribution in [3.05, 3.63) is 59.8 Å². The van der Waals surface area contributed by atoms with Crippen molar-refractivity contribution < 1.29 is 23.4 Å². The van der Waals surface area contributed by atoms with E-state index in [1.807, 2.05) is 12.1 Å². The number of methoxy groups -OCH3 is 1. The van der Waals surface area contributed by atoms with Gasteiger partial charge in [0.1, 0.15) is 11.3 Å². The Morgan fingerprint density at radius 3 is 2.64 bits per heavy atom. The van der Waals surface area contributed by atoms with Crippen LogP contribution < -0.4 is 9.47 Å². The normalized spacial score (nSPS) is 11.4. The summed E-state index contributed by atoms with van der Waals surface area (Å²) >= 11 is 0. The molecule has 3 rings (SSSR count). The molecule has 0 amide bonds. The fourth-order valence-electron chi connectivity index (χ4n) is 2.41. The number of hydrogen-bond acceptors (Lipinski definition) is 4. The monoisotopic (exact) mass is 343 g/mol. The number of nitrogens with zero attached hydrogens (tertiary/aromatic N) is 1. The molecular formula is C19H15F2NO3. The molecule has 0 aliphatic heterocycles. The molecule has 1 N–H and O–H groups in total. The van der Waals surface area contributed by atoms with Gasteiger partial charge in [0.2, 0.25) is 0 Å². The van der Waals surface area contributed by atoms with Gasteiger partial charge in [0.05, 0.1) is 12.8 Å². The number of pyridine rings is 1. The van der Waals surface area contributed by atoms with Crippen LogP contribution in [0.5, 0.6) is 17.2 Å². The van der Waals surface area contributed by atoms with Crippen molar-refractivity contribution >= 4 is 23.1 Å². The van der Waals surface area contributed by atoms with Gasteiger partial charge in [0.25, 0.3) is 0 Å². The molecule has 0 atom stereocenters. The molecule has 1 heterocycles. The number of benzene rings is 2. The van der Waals surface area contributed by atoms with Gasteiger partial charge in [-0.25, -0.2) is 4.98 Å². The second-order valence-corrected chi connectivity index (χ2v) is 5.21. The van der Waals surface area contributed by atoms with E-state index < -0.39 is 6.61 Å². The number of phenolic OH excluding ortho intramolecular Hbond substituents is 1. The molecule has 0 spiro atoms. The number of rotatable bonds is 5. The van der Waals surface area contributed by atoms with E-state index >= 15 is 0 Å². The minimum Gasteiger partial charge on any atom is -0.506 e. The van der Waals surface area contributed by atoms with Crippen molar-refractivity contribution in [1.29, 1.82) is 0 Å². The fraction of sp³-hybridized carbons (Fsp3) is 0.105. The van der Waals surface area contributed by atoms with Crippen molar-refractivity contribution in [3.63, 3.8) is 0 Å². The molecule has 0 saturated carbocycles. The number of para-hydroxylation sites is 1. The maximum Gasteiger partial charge on any atom is 0.387 e. The Balaban J connectivity index is 1.90. The molecule has 6 heteroatoms. The molecule has 0 saturated heterocycles. The number of halogens is 2. The summed E-state index contributed by atoms with van der Waals surface area (Å²) < 4.78 is 34.4. The summed E-state index contributed by atoms with van der Waals surface area (Å²) in [6.07, 6.45) is 3.44. The number of aromatic nitrogens is 1. The van der Waals surface area contributed by atoms with Crippen molar-refractivity contribution in [3.8, 4) is 17.2 Å². The van der Waals surface area contributed by atoms with Crippen LogP contribution in [-0.4, -0.2) is 23.8 Å². The second kappa shape index (κ2) is 7.17. The van der Waals surface area contributed by atoms with Crippen LogP contribution >= 0.6 is 0 Å². The molecule has 0 unspecified atom stereocenters. The lowest BCUT2D eigenvalue weighted by Gasteiger charge is -2.10. The lowest BCUT2D eigenvalue weighted by atomic mass is 10.1. The molecule has 1 aromatic heterocycles. The lowest BCUT2D eigenvalue weighted by molar-refractivity contribution is -0.0512. The first-order valence-electron chi connectivity index (χ1n) is 7.46. The maximum absolute atomic E-state index is 12.5. The zero-order valence-electron chi connectivity index (χ0n) is 13.3. The number of hydrogen-bond donors (Lipinski definition) is 1. The van der Waals surface area contributed by atoms with Gasteiger partial charge in [-0.1, -0.05) is 30.3 Å². The third-order valence-electron chi connectivity index (χ3n) is 3.57. The first-order chi connectivity index (χ1) is 12.1. The molecule has 0 fully saturated rings. The number of ether oxygens (including phenoxy) is 2. The number of aromatic hydroxyl groups is 1. The molecule has 25 heavy (non-hydrogen) atoms. The summed E-state index contributed by atoms with van der Waals surface area (Å²) in [5, 5.41) is 10.7. The minimum absolute atomic E-state index is 0.0382. The number of phenols is 1. The van der Waals surface area contributed by atoms with E-state index in [1.54, 1.807) is 42.5 Å². The van der Waals surface area contributed by atoms with Gasteiger partial charge in [-0.05, 0) is 35.9 Å². The van der Waals surface area contributed by atoms with Gasteiger partial charge in [-0.15, -0.1) is 0 Å². The van der Waals surface area contributed by atoms with Crippen molar-refractivity contribution in [2.45, 2.75) is 6.61 Å². The molecule has 0 radical (unpaired) electrons. The summed E-state index contributed by atoms with van der Waals surface area (Å²) in [7, 11) is 1.38. The molecule has 0 aliphatic carbocycles. The highest BCUT2D eigenvalue weighted by Crippen LogP contribution is 2.30. The highest BCUT2D eigenvalue weighted by atomic mass is 19.3. The Labute approximate surface area is 143 Å². The molecule has 4 nitrogen and oxygen atoms in total. The molecule has 128 valence electrons. The lowest BCUT2D eigenvalue weighted by Crippen LogP contribution is -2.03. The molecule has 0 aliphatic rings. The van der Waals surface area contributed by atoms with Crippen LogP contribution in [0, 0.1) is 0 Å². The van der Waals surface area contributed by atoms with E-state index in [0.29, 0.717) is 16.8 Å². The average molecular weight is 343 g/mol. The Bertz CT molecular complexity index is 926. The van der Waals surface area contributed by atoms with Crippen LogP contribution in [0.3, 0.4) is 0 Å². The van der Waals surface area contributed by atoms with Gasteiger partial charge in [-0.3, -0.25) is 0 Å². The average Bonchev–Trinajstić information content (AvgIpc) is 2.60.